The van der Waals surface area contributed by atoms with Gasteiger partial charge in [-0.15, -0.1) is 0 Å². The molecule has 0 saturated heterocycles. The Hall–Kier alpha value is -1.10. The second-order valence-electron chi connectivity index (χ2n) is 5.56. The summed E-state index contributed by atoms with van der Waals surface area (Å²) in [5.74, 6) is -0.466. The number of hydrogen-bond acceptors (Lipinski definition) is 3. The van der Waals surface area contributed by atoms with Crippen molar-refractivity contribution >= 4 is 11.8 Å². The van der Waals surface area contributed by atoms with Crippen molar-refractivity contribution in [3.8, 4) is 0 Å². The zero-order valence-corrected chi connectivity index (χ0v) is 11.4. The lowest BCUT2D eigenvalue weighted by Gasteiger charge is -2.22. The van der Waals surface area contributed by atoms with Crippen LogP contribution in [0.1, 0.15) is 41.0 Å². The molecule has 3 N–H and O–H groups in total. The van der Waals surface area contributed by atoms with E-state index in [1.54, 1.807) is 27.7 Å². The summed E-state index contributed by atoms with van der Waals surface area (Å²) in [6.45, 7) is 8.96. The maximum absolute atomic E-state index is 11.5. The van der Waals surface area contributed by atoms with E-state index in [4.69, 9.17) is 0 Å². The Balaban J connectivity index is 3.94. The van der Waals surface area contributed by atoms with Gasteiger partial charge in [-0.1, -0.05) is 27.7 Å². The number of hydrogen-bond donors (Lipinski definition) is 3. The van der Waals surface area contributed by atoms with Gasteiger partial charge in [0.25, 0.3) is 0 Å². The van der Waals surface area contributed by atoms with Crippen LogP contribution < -0.4 is 10.6 Å². The van der Waals surface area contributed by atoms with E-state index in [0.717, 1.165) is 0 Å². The van der Waals surface area contributed by atoms with Crippen LogP contribution in [-0.4, -0.2) is 35.6 Å². The summed E-state index contributed by atoms with van der Waals surface area (Å²) in [5.41, 5.74) is -1.40. The minimum absolute atomic E-state index is 0.0596. The highest BCUT2D eigenvalue weighted by atomic mass is 16.3. The molecule has 2 amide bonds. The molecule has 0 aromatic carbocycles. The maximum Gasteiger partial charge on any atom is 0.239 e. The van der Waals surface area contributed by atoms with Crippen LogP contribution in [0.5, 0.6) is 0 Å². The first-order valence-electron chi connectivity index (χ1n) is 5.86. The Morgan fingerprint density at radius 1 is 1.12 bits per heavy atom. The molecule has 1 atom stereocenters. The Kier molecular flexibility index (Phi) is 5.61. The van der Waals surface area contributed by atoms with Gasteiger partial charge in [-0.25, -0.2) is 0 Å². The van der Waals surface area contributed by atoms with Crippen LogP contribution >= 0.6 is 0 Å². The van der Waals surface area contributed by atoms with Crippen LogP contribution in [0.3, 0.4) is 0 Å². The third-order valence-corrected chi connectivity index (χ3v) is 2.52. The number of carbonyl (C=O) groups is 2. The predicted octanol–water partition coefficient (Wildman–Crippen LogP) is 0.426. The van der Waals surface area contributed by atoms with Crippen LogP contribution in [0.2, 0.25) is 0 Å². The molecular weight excluding hydrogens is 220 g/mol. The van der Waals surface area contributed by atoms with Crippen LogP contribution in [-0.2, 0) is 9.59 Å². The molecule has 100 valence electrons. The molecule has 5 nitrogen and oxygen atoms in total. The largest absolute Gasteiger partial charge is 0.388 e. The van der Waals surface area contributed by atoms with Crippen molar-refractivity contribution in [2.75, 3.05) is 13.1 Å². The van der Waals surface area contributed by atoms with E-state index in [1.165, 1.54) is 0 Å². The second kappa shape index (κ2) is 6.00. The fourth-order valence-corrected chi connectivity index (χ4v) is 0.902. The Bertz CT molecular complexity index is 280. The normalized spacial score (nSPS) is 14.9. The zero-order valence-electron chi connectivity index (χ0n) is 11.4. The molecule has 0 spiro atoms. The minimum Gasteiger partial charge on any atom is -0.388 e. The number of amides is 2. The topological polar surface area (TPSA) is 78.4 Å². The van der Waals surface area contributed by atoms with Crippen LogP contribution in [0.4, 0.5) is 0 Å². The van der Waals surface area contributed by atoms with Gasteiger partial charge in [0.15, 0.2) is 0 Å². The van der Waals surface area contributed by atoms with Crippen molar-refractivity contribution in [3.63, 3.8) is 0 Å². The van der Waals surface area contributed by atoms with Gasteiger partial charge in [-0.05, 0) is 13.3 Å². The van der Waals surface area contributed by atoms with Crippen LogP contribution in [0, 0.1) is 5.41 Å². The van der Waals surface area contributed by atoms with Crippen molar-refractivity contribution in [1.29, 1.82) is 0 Å². The number of rotatable bonds is 5. The van der Waals surface area contributed by atoms with Crippen molar-refractivity contribution in [2.24, 2.45) is 5.41 Å². The number of carbonyl (C=O) groups excluding carboxylic acids is 2. The van der Waals surface area contributed by atoms with Gasteiger partial charge < -0.3 is 15.7 Å². The summed E-state index contributed by atoms with van der Waals surface area (Å²) < 4.78 is 0. The first kappa shape index (κ1) is 15.9. The molecule has 0 aromatic rings. The summed E-state index contributed by atoms with van der Waals surface area (Å²) in [5, 5.41) is 14.8. The third-order valence-electron chi connectivity index (χ3n) is 2.52. The van der Waals surface area contributed by atoms with E-state index >= 15 is 0 Å². The third kappa shape index (κ3) is 6.94. The molecule has 0 heterocycles. The van der Waals surface area contributed by atoms with Gasteiger partial charge in [0.2, 0.25) is 11.8 Å². The Labute approximate surface area is 103 Å². The number of nitrogens with one attached hydrogen (secondary N) is 2. The summed E-state index contributed by atoms with van der Waals surface area (Å²) in [7, 11) is 0. The molecule has 0 aromatic heterocycles. The average Bonchev–Trinajstić information content (AvgIpc) is 2.21. The highest BCUT2D eigenvalue weighted by molar-refractivity contribution is 5.87. The summed E-state index contributed by atoms with van der Waals surface area (Å²) in [6, 6.07) is 0. The van der Waals surface area contributed by atoms with E-state index < -0.39 is 11.0 Å². The average molecular weight is 244 g/mol. The lowest BCUT2D eigenvalue weighted by atomic mass is 9.96. The van der Waals surface area contributed by atoms with E-state index in [-0.39, 0.29) is 24.9 Å². The van der Waals surface area contributed by atoms with Crippen molar-refractivity contribution in [1.82, 2.24) is 10.6 Å². The van der Waals surface area contributed by atoms with Crippen molar-refractivity contribution < 1.29 is 14.7 Å². The highest BCUT2D eigenvalue weighted by Gasteiger charge is 2.22. The standard InChI is InChI=1S/C12H24N2O3/c1-6-12(5,17)8-14-9(15)7-13-10(16)11(2,3)4/h17H,6-8H2,1-5H3,(H,13,16)(H,14,15). The van der Waals surface area contributed by atoms with Gasteiger partial charge in [0.1, 0.15) is 0 Å². The molecule has 0 bridgehead atoms. The molecular formula is C12H24N2O3. The Morgan fingerprint density at radius 2 is 1.65 bits per heavy atom. The SMILES string of the molecule is CCC(C)(O)CNC(=O)CNC(=O)C(C)(C)C. The van der Waals surface area contributed by atoms with Crippen molar-refractivity contribution in [3.05, 3.63) is 0 Å². The van der Waals surface area contributed by atoms with Crippen LogP contribution in [0.25, 0.3) is 0 Å². The maximum atomic E-state index is 11.5. The zero-order chi connectivity index (χ0) is 13.7. The quantitative estimate of drug-likeness (QED) is 0.656. The smallest absolute Gasteiger partial charge is 0.239 e. The summed E-state index contributed by atoms with van der Waals surface area (Å²) in [6.07, 6.45) is 0.557. The molecule has 17 heavy (non-hydrogen) atoms. The monoisotopic (exact) mass is 244 g/mol. The fraction of sp³-hybridized carbons (Fsp3) is 0.833. The van der Waals surface area contributed by atoms with Gasteiger partial charge >= 0.3 is 0 Å². The van der Waals surface area contributed by atoms with Gasteiger partial charge in [-0.3, -0.25) is 9.59 Å². The van der Waals surface area contributed by atoms with Crippen molar-refractivity contribution in [2.45, 2.75) is 46.6 Å². The first-order chi connectivity index (χ1) is 7.58. The first-order valence-corrected chi connectivity index (χ1v) is 5.86. The molecule has 0 aliphatic rings. The fourth-order valence-electron chi connectivity index (χ4n) is 0.902. The van der Waals surface area contributed by atoms with Gasteiger partial charge in [0.05, 0.1) is 12.1 Å². The van der Waals surface area contributed by atoms with E-state index in [2.05, 4.69) is 10.6 Å². The molecule has 0 aliphatic carbocycles. The lowest BCUT2D eigenvalue weighted by Crippen LogP contribution is -2.45. The highest BCUT2D eigenvalue weighted by Crippen LogP contribution is 2.11. The molecule has 0 radical (unpaired) electrons. The molecule has 5 heteroatoms. The molecule has 1 unspecified atom stereocenters. The van der Waals surface area contributed by atoms with Crippen LogP contribution in [0.15, 0.2) is 0 Å². The Morgan fingerprint density at radius 3 is 2.06 bits per heavy atom. The second-order valence-corrected chi connectivity index (χ2v) is 5.56. The van der Waals surface area contributed by atoms with E-state index in [9.17, 15) is 14.7 Å². The van der Waals surface area contributed by atoms with E-state index in [0.29, 0.717) is 6.42 Å². The molecule has 0 aliphatic heterocycles. The molecule has 0 rings (SSSR count). The summed E-state index contributed by atoms with van der Waals surface area (Å²) >= 11 is 0. The lowest BCUT2D eigenvalue weighted by molar-refractivity contribution is -0.131. The predicted molar refractivity (Wildman–Crippen MR) is 66.4 cm³/mol. The minimum atomic E-state index is -0.899. The van der Waals surface area contributed by atoms with E-state index in [1.807, 2.05) is 6.92 Å². The summed E-state index contributed by atoms with van der Waals surface area (Å²) in [4.78, 5) is 22.9. The molecule has 0 fully saturated rings. The van der Waals surface area contributed by atoms with Gasteiger partial charge in [0, 0.05) is 12.0 Å². The number of aliphatic hydroxyl groups is 1. The molecule has 0 saturated carbocycles. The van der Waals surface area contributed by atoms with Gasteiger partial charge in [-0.2, -0.15) is 0 Å².